The van der Waals surface area contributed by atoms with Crippen molar-refractivity contribution in [1.82, 2.24) is 4.98 Å². The van der Waals surface area contributed by atoms with E-state index in [4.69, 9.17) is 4.74 Å². The quantitative estimate of drug-likeness (QED) is 0.760. The summed E-state index contributed by atoms with van der Waals surface area (Å²) >= 11 is 0. The van der Waals surface area contributed by atoms with E-state index in [1.807, 2.05) is 24.3 Å². The highest BCUT2D eigenvalue weighted by molar-refractivity contribution is 6.11. The molecule has 0 bridgehead atoms. The number of Topliss-reactive ketones (excluding diaryl/α,β-unsaturated/α-hetero) is 1. The summed E-state index contributed by atoms with van der Waals surface area (Å²) in [5.74, 6) is -0.0169. The topological polar surface area (TPSA) is 39.2 Å². The Morgan fingerprint density at radius 2 is 2.06 bits per heavy atom. The molecule has 0 saturated heterocycles. The lowest BCUT2D eigenvalue weighted by Gasteiger charge is -2.21. The second-order valence-corrected chi connectivity index (χ2v) is 4.45. The molecule has 88 valence electrons. The molecule has 0 N–H and O–H groups in total. The molecular weight excluding hydrogens is 214 g/mol. The van der Waals surface area contributed by atoms with Gasteiger partial charge in [-0.2, -0.15) is 0 Å². The average molecular weight is 229 g/mol. The van der Waals surface area contributed by atoms with Crippen molar-refractivity contribution in [1.29, 1.82) is 0 Å². The lowest BCUT2D eigenvalue weighted by Crippen LogP contribution is -2.33. The van der Waals surface area contributed by atoms with E-state index >= 15 is 0 Å². The number of aromatic nitrogens is 1. The van der Waals surface area contributed by atoms with Gasteiger partial charge in [-0.1, -0.05) is 18.2 Å². The molecule has 1 heterocycles. The van der Waals surface area contributed by atoms with Crippen LogP contribution in [0.25, 0.3) is 10.8 Å². The molecule has 0 fully saturated rings. The average Bonchev–Trinajstić information content (AvgIpc) is 2.37. The van der Waals surface area contributed by atoms with Crippen LogP contribution in [0.1, 0.15) is 24.2 Å². The van der Waals surface area contributed by atoms with Crippen LogP contribution in [0.2, 0.25) is 0 Å². The van der Waals surface area contributed by atoms with Gasteiger partial charge in [-0.3, -0.25) is 9.78 Å². The highest BCUT2D eigenvalue weighted by atomic mass is 16.5. The Balaban J connectivity index is 2.60. The molecule has 3 nitrogen and oxygen atoms in total. The number of rotatable bonds is 3. The van der Waals surface area contributed by atoms with Crippen molar-refractivity contribution in [3.8, 4) is 0 Å². The van der Waals surface area contributed by atoms with Gasteiger partial charge in [-0.15, -0.1) is 0 Å². The molecule has 0 saturated carbocycles. The Kier molecular flexibility index (Phi) is 2.94. The molecule has 3 heteroatoms. The number of carbonyl (C=O) groups excluding carboxylic acids is 1. The Morgan fingerprint density at radius 3 is 2.76 bits per heavy atom. The monoisotopic (exact) mass is 229 g/mol. The van der Waals surface area contributed by atoms with Crippen LogP contribution in [0.5, 0.6) is 0 Å². The van der Waals surface area contributed by atoms with Gasteiger partial charge >= 0.3 is 0 Å². The summed E-state index contributed by atoms with van der Waals surface area (Å²) in [5, 5.41) is 1.88. The highest BCUT2D eigenvalue weighted by Crippen LogP contribution is 2.23. The van der Waals surface area contributed by atoms with Gasteiger partial charge in [0.25, 0.3) is 0 Å². The summed E-state index contributed by atoms with van der Waals surface area (Å²) in [6.45, 7) is 3.55. The normalized spacial score (nSPS) is 11.7. The van der Waals surface area contributed by atoms with E-state index < -0.39 is 5.60 Å². The first-order chi connectivity index (χ1) is 8.06. The largest absolute Gasteiger partial charge is 0.371 e. The van der Waals surface area contributed by atoms with Gasteiger partial charge in [0.1, 0.15) is 5.60 Å². The Morgan fingerprint density at radius 1 is 1.29 bits per heavy atom. The van der Waals surface area contributed by atoms with Crippen molar-refractivity contribution in [3.05, 3.63) is 42.2 Å². The number of pyridine rings is 1. The summed E-state index contributed by atoms with van der Waals surface area (Å²) in [6, 6.07) is 7.49. The number of ketones is 1. The van der Waals surface area contributed by atoms with Gasteiger partial charge in [-0.05, 0) is 25.3 Å². The van der Waals surface area contributed by atoms with Gasteiger partial charge in [0.15, 0.2) is 5.78 Å². The Bertz CT molecular complexity index is 556. The molecule has 0 atom stereocenters. The minimum atomic E-state index is -0.808. The van der Waals surface area contributed by atoms with E-state index in [2.05, 4.69) is 4.98 Å². The summed E-state index contributed by atoms with van der Waals surface area (Å²) in [5.41, 5.74) is -0.130. The number of methoxy groups -OCH3 is 1. The lowest BCUT2D eigenvalue weighted by atomic mass is 9.93. The van der Waals surface area contributed by atoms with Crippen LogP contribution in [0.3, 0.4) is 0 Å². The molecule has 1 aromatic carbocycles. The Labute approximate surface area is 100 Å². The van der Waals surface area contributed by atoms with Crippen molar-refractivity contribution in [2.45, 2.75) is 19.4 Å². The van der Waals surface area contributed by atoms with E-state index in [1.165, 1.54) is 0 Å². The van der Waals surface area contributed by atoms with Crippen LogP contribution in [0, 0.1) is 0 Å². The molecular formula is C14H15NO2. The summed E-state index contributed by atoms with van der Waals surface area (Å²) in [7, 11) is 1.55. The van der Waals surface area contributed by atoms with Gasteiger partial charge in [0.05, 0.1) is 0 Å². The zero-order valence-corrected chi connectivity index (χ0v) is 10.2. The lowest BCUT2D eigenvalue weighted by molar-refractivity contribution is 0.0230. The summed E-state index contributed by atoms with van der Waals surface area (Å²) in [6.07, 6.45) is 3.45. The first-order valence-corrected chi connectivity index (χ1v) is 5.49. The van der Waals surface area contributed by atoms with Crippen LogP contribution in [-0.4, -0.2) is 23.5 Å². The molecule has 0 aliphatic carbocycles. The maximum atomic E-state index is 12.4. The van der Waals surface area contributed by atoms with Crippen molar-refractivity contribution in [2.24, 2.45) is 0 Å². The van der Waals surface area contributed by atoms with Crippen LogP contribution < -0.4 is 0 Å². The number of nitrogens with zero attached hydrogens (tertiary/aromatic N) is 1. The third kappa shape index (κ3) is 2.06. The standard InChI is InChI=1S/C14H15NO2/c1-14(2,17-3)13(16)12-6-4-5-10-9-15-8-7-11(10)12/h4-9H,1-3H3. The molecule has 0 unspecified atom stereocenters. The zero-order chi connectivity index (χ0) is 12.5. The maximum absolute atomic E-state index is 12.4. The predicted octanol–water partition coefficient (Wildman–Crippen LogP) is 2.84. The minimum Gasteiger partial charge on any atom is -0.371 e. The fourth-order valence-corrected chi connectivity index (χ4v) is 1.74. The van der Waals surface area contributed by atoms with Crippen molar-refractivity contribution in [2.75, 3.05) is 7.11 Å². The van der Waals surface area contributed by atoms with Crippen molar-refractivity contribution in [3.63, 3.8) is 0 Å². The van der Waals surface area contributed by atoms with E-state index in [-0.39, 0.29) is 5.78 Å². The summed E-state index contributed by atoms with van der Waals surface area (Å²) in [4.78, 5) is 16.4. The number of fused-ring (bicyclic) bond motifs is 1. The fraction of sp³-hybridized carbons (Fsp3) is 0.286. The highest BCUT2D eigenvalue weighted by Gasteiger charge is 2.29. The number of hydrogen-bond acceptors (Lipinski definition) is 3. The predicted molar refractivity (Wildman–Crippen MR) is 67.2 cm³/mol. The third-order valence-electron chi connectivity index (χ3n) is 2.98. The van der Waals surface area contributed by atoms with Crippen LogP contribution in [-0.2, 0) is 4.74 Å². The third-order valence-corrected chi connectivity index (χ3v) is 2.98. The van der Waals surface area contributed by atoms with Crippen LogP contribution in [0.15, 0.2) is 36.7 Å². The van der Waals surface area contributed by atoms with Crippen molar-refractivity contribution >= 4 is 16.6 Å². The molecule has 2 rings (SSSR count). The van der Waals surface area contributed by atoms with Crippen LogP contribution >= 0.6 is 0 Å². The first kappa shape index (κ1) is 11.7. The summed E-state index contributed by atoms with van der Waals surface area (Å²) < 4.78 is 5.24. The first-order valence-electron chi connectivity index (χ1n) is 5.49. The number of benzene rings is 1. The minimum absolute atomic E-state index is 0.0169. The van der Waals surface area contributed by atoms with E-state index in [9.17, 15) is 4.79 Å². The van der Waals surface area contributed by atoms with E-state index in [0.29, 0.717) is 5.56 Å². The van der Waals surface area contributed by atoms with Gasteiger partial charge < -0.3 is 4.74 Å². The molecule has 0 spiro atoms. The second kappa shape index (κ2) is 4.26. The SMILES string of the molecule is COC(C)(C)C(=O)c1cccc2cnccc12. The van der Waals surface area contributed by atoms with E-state index in [1.54, 1.807) is 33.4 Å². The van der Waals surface area contributed by atoms with Gasteiger partial charge in [0, 0.05) is 30.5 Å². The molecule has 0 aliphatic rings. The maximum Gasteiger partial charge on any atom is 0.194 e. The molecule has 0 amide bonds. The molecule has 17 heavy (non-hydrogen) atoms. The number of ether oxygens (including phenoxy) is 1. The number of carbonyl (C=O) groups is 1. The second-order valence-electron chi connectivity index (χ2n) is 4.45. The van der Waals surface area contributed by atoms with Crippen molar-refractivity contribution < 1.29 is 9.53 Å². The number of hydrogen-bond donors (Lipinski definition) is 0. The van der Waals surface area contributed by atoms with Gasteiger partial charge in [-0.25, -0.2) is 0 Å². The van der Waals surface area contributed by atoms with E-state index in [0.717, 1.165) is 10.8 Å². The van der Waals surface area contributed by atoms with Crippen LogP contribution in [0.4, 0.5) is 0 Å². The molecule has 1 aromatic heterocycles. The zero-order valence-electron chi connectivity index (χ0n) is 10.2. The molecule has 0 aliphatic heterocycles. The molecule has 0 radical (unpaired) electrons. The Hall–Kier alpha value is -1.74. The molecule has 2 aromatic rings. The van der Waals surface area contributed by atoms with Gasteiger partial charge in [0.2, 0.25) is 0 Å². The smallest absolute Gasteiger partial charge is 0.194 e. The fourth-order valence-electron chi connectivity index (χ4n) is 1.74.